The van der Waals surface area contributed by atoms with Crippen LogP contribution in [0.2, 0.25) is 0 Å². The van der Waals surface area contributed by atoms with Gasteiger partial charge in [-0.05, 0) is 6.92 Å². The first-order chi connectivity index (χ1) is 4.72. The van der Waals surface area contributed by atoms with E-state index in [-0.39, 0.29) is 12.4 Å². The Labute approximate surface area is 71.8 Å². The van der Waals surface area contributed by atoms with E-state index in [0.717, 1.165) is 0 Å². The molecular weight excluding hydrogens is 164 g/mol. The minimum atomic E-state index is -0.519. The molecule has 3 nitrogen and oxygen atoms in total. The number of imidazole rings is 1. The summed E-state index contributed by atoms with van der Waals surface area (Å²) in [6, 6.07) is 0. The number of aromatic nitrogens is 2. The molecule has 0 saturated carbocycles. The first-order valence-corrected chi connectivity index (χ1v) is 3.07. The fourth-order valence-electron chi connectivity index (χ4n) is 0.645. The van der Waals surface area contributed by atoms with Crippen LogP contribution in [0.5, 0.6) is 0 Å². The topological polar surface area (TPSA) is 38.0 Å². The van der Waals surface area contributed by atoms with Crippen LogP contribution in [-0.2, 0) is 0 Å². The zero-order valence-corrected chi connectivity index (χ0v) is 7.08. The van der Waals surface area contributed by atoms with E-state index in [4.69, 9.17) is 5.11 Å². The van der Waals surface area contributed by atoms with Crippen LogP contribution in [0.25, 0.3) is 5.70 Å². The van der Waals surface area contributed by atoms with Crippen molar-refractivity contribution < 1.29 is 5.11 Å². The van der Waals surface area contributed by atoms with E-state index in [9.17, 15) is 0 Å². The van der Waals surface area contributed by atoms with Crippen molar-refractivity contribution >= 4 is 18.1 Å². The highest BCUT2D eigenvalue weighted by Gasteiger charge is 2.01. The van der Waals surface area contributed by atoms with Gasteiger partial charge in [-0.15, -0.1) is 12.4 Å². The highest BCUT2D eigenvalue weighted by Crippen LogP contribution is 2.04. The van der Waals surface area contributed by atoms with E-state index < -0.39 is 6.10 Å². The third-order valence-electron chi connectivity index (χ3n) is 1.32. The average Bonchev–Trinajstić information content (AvgIpc) is 2.36. The Hall–Kier alpha value is -0.800. The molecule has 1 heterocycles. The van der Waals surface area contributed by atoms with Crippen LogP contribution < -0.4 is 0 Å². The standard InChI is InChI=1S/C7H10N2O.ClH/c1-6(7(2)10)9-4-3-8-5-9;/h3-5,7,10H,1H2,2H3;1H. The van der Waals surface area contributed by atoms with Crippen LogP contribution >= 0.6 is 12.4 Å². The molecule has 0 radical (unpaired) electrons. The van der Waals surface area contributed by atoms with E-state index in [1.807, 2.05) is 0 Å². The normalized spacial score (nSPS) is 11.8. The van der Waals surface area contributed by atoms with Gasteiger partial charge in [0.2, 0.25) is 0 Å². The van der Waals surface area contributed by atoms with Crippen molar-refractivity contribution in [2.45, 2.75) is 13.0 Å². The summed E-state index contributed by atoms with van der Waals surface area (Å²) in [6.45, 7) is 5.34. The van der Waals surface area contributed by atoms with Gasteiger partial charge in [-0.25, -0.2) is 4.98 Å². The van der Waals surface area contributed by atoms with E-state index >= 15 is 0 Å². The molecule has 0 aromatic carbocycles. The van der Waals surface area contributed by atoms with Gasteiger partial charge >= 0.3 is 0 Å². The molecule has 1 aromatic rings. The molecule has 0 amide bonds. The number of nitrogens with zero attached hydrogens (tertiary/aromatic N) is 2. The zero-order chi connectivity index (χ0) is 7.56. The van der Waals surface area contributed by atoms with E-state index in [0.29, 0.717) is 5.70 Å². The highest BCUT2D eigenvalue weighted by atomic mass is 35.5. The molecule has 62 valence electrons. The molecule has 1 rings (SSSR count). The lowest BCUT2D eigenvalue weighted by atomic mass is 10.3. The summed E-state index contributed by atoms with van der Waals surface area (Å²) >= 11 is 0. The number of halogens is 1. The van der Waals surface area contributed by atoms with Gasteiger partial charge in [-0.2, -0.15) is 0 Å². The van der Waals surface area contributed by atoms with Crippen molar-refractivity contribution in [1.29, 1.82) is 0 Å². The molecule has 1 unspecified atom stereocenters. The first-order valence-electron chi connectivity index (χ1n) is 3.07. The average molecular weight is 175 g/mol. The summed E-state index contributed by atoms with van der Waals surface area (Å²) in [7, 11) is 0. The molecule has 0 bridgehead atoms. The van der Waals surface area contributed by atoms with E-state index in [2.05, 4.69) is 11.6 Å². The van der Waals surface area contributed by atoms with Crippen molar-refractivity contribution in [3.63, 3.8) is 0 Å². The van der Waals surface area contributed by atoms with Crippen molar-refractivity contribution in [1.82, 2.24) is 9.55 Å². The second kappa shape index (κ2) is 4.16. The Morgan fingerprint density at radius 2 is 2.36 bits per heavy atom. The molecule has 0 saturated heterocycles. The van der Waals surface area contributed by atoms with Gasteiger partial charge < -0.3 is 9.67 Å². The van der Waals surface area contributed by atoms with Crippen LogP contribution in [0.1, 0.15) is 6.92 Å². The molecule has 0 fully saturated rings. The second-order valence-corrected chi connectivity index (χ2v) is 2.14. The highest BCUT2D eigenvalue weighted by molar-refractivity contribution is 5.85. The van der Waals surface area contributed by atoms with Crippen LogP contribution in [-0.4, -0.2) is 20.8 Å². The Bertz CT molecular complexity index is 218. The summed E-state index contributed by atoms with van der Waals surface area (Å²) in [5.41, 5.74) is 0.637. The van der Waals surface area contributed by atoms with Crippen molar-refractivity contribution in [3.8, 4) is 0 Å². The number of aliphatic hydroxyl groups excluding tert-OH is 1. The molecule has 4 heteroatoms. The summed E-state index contributed by atoms with van der Waals surface area (Å²) in [5.74, 6) is 0. The SMILES string of the molecule is C=C(C(C)O)n1ccnc1.Cl. The lowest BCUT2D eigenvalue weighted by Crippen LogP contribution is -2.07. The van der Waals surface area contributed by atoms with Gasteiger partial charge in [0.15, 0.2) is 0 Å². The van der Waals surface area contributed by atoms with Crippen molar-refractivity contribution in [3.05, 3.63) is 25.3 Å². The van der Waals surface area contributed by atoms with Crippen LogP contribution in [0, 0.1) is 0 Å². The van der Waals surface area contributed by atoms with Crippen LogP contribution in [0.3, 0.4) is 0 Å². The quantitative estimate of drug-likeness (QED) is 0.731. The summed E-state index contributed by atoms with van der Waals surface area (Å²) in [6.07, 6.45) is 4.48. The van der Waals surface area contributed by atoms with Gasteiger partial charge in [0.1, 0.15) is 0 Å². The third kappa shape index (κ3) is 2.37. The van der Waals surface area contributed by atoms with Gasteiger partial charge in [-0.3, -0.25) is 0 Å². The molecule has 1 atom stereocenters. The number of aliphatic hydroxyl groups is 1. The molecule has 0 aliphatic rings. The molecule has 1 N–H and O–H groups in total. The zero-order valence-electron chi connectivity index (χ0n) is 6.27. The van der Waals surface area contributed by atoms with Crippen LogP contribution in [0.4, 0.5) is 0 Å². The second-order valence-electron chi connectivity index (χ2n) is 2.14. The number of rotatable bonds is 2. The fraction of sp³-hybridized carbons (Fsp3) is 0.286. The first kappa shape index (κ1) is 10.2. The van der Waals surface area contributed by atoms with Crippen molar-refractivity contribution in [2.75, 3.05) is 0 Å². The molecule has 0 aliphatic heterocycles. The maximum atomic E-state index is 9.04. The molecular formula is C7H11ClN2O. The molecule has 0 aliphatic carbocycles. The third-order valence-corrected chi connectivity index (χ3v) is 1.32. The smallest absolute Gasteiger partial charge is 0.0989 e. The fourth-order valence-corrected chi connectivity index (χ4v) is 0.645. The molecule has 11 heavy (non-hydrogen) atoms. The summed E-state index contributed by atoms with van der Waals surface area (Å²) in [4.78, 5) is 3.82. The Morgan fingerprint density at radius 3 is 2.73 bits per heavy atom. The van der Waals surface area contributed by atoms with Gasteiger partial charge in [0.25, 0.3) is 0 Å². The van der Waals surface area contributed by atoms with Gasteiger partial charge in [0.05, 0.1) is 12.4 Å². The Kier molecular flexibility index (Phi) is 3.85. The monoisotopic (exact) mass is 174 g/mol. The maximum Gasteiger partial charge on any atom is 0.0989 e. The summed E-state index contributed by atoms with van der Waals surface area (Å²) in [5, 5.41) is 9.04. The molecule has 0 spiro atoms. The Morgan fingerprint density at radius 1 is 1.73 bits per heavy atom. The van der Waals surface area contributed by atoms with Crippen molar-refractivity contribution in [2.24, 2.45) is 0 Å². The predicted molar refractivity (Wildman–Crippen MR) is 46.5 cm³/mol. The minimum absolute atomic E-state index is 0. The lowest BCUT2D eigenvalue weighted by Gasteiger charge is -2.07. The summed E-state index contributed by atoms with van der Waals surface area (Å²) < 4.78 is 1.69. The maximum absolute atomic E-state index is 9.04. The largest absolute Gasteiger partial charge is 0.387 e. The van der Waals surface area contributed by atoms with E-state index in [1.54, 1.807) is 30.2 Å². The Balaban J connectivity index is 0.000001000. The van der Waals surface area contributed by atoms with Gasteiger partial charge in [-0.1, -0.05) is 6.58 Å². The lowest BCUT2D eigenvalue weighted by molar-refractivity contribution is 0.247. The minimum Gasteiger partial charge on any atom is -0.387 e. The van der Waals surface area contributed by atoms with Crippen LogP contribution in [0.15, 0.2) is 25.3 Å². The van der Waals surface area contributed by atoms with Gasteiger partial charge in [0, 0.05) is 18.1 Å². The predicted octanol–water partition coefficient (Wildman–Crippen LogP) is 1.16. The molecule has 1 aromatic heterocycles. The number of hydrogen-bond donors (Lipinski definition) is 1. The van der Waals surface area contributed by atoms with E-state index in [1.165, 1.54) is 0 Å². The number of hydrogen-bond acceptors (Lipinski definition) is 2.